The first-order valence-corrected chi connectivity index (χ1v) is 11.4. The number of carbonyl (C=O) groups excluding carboxylic acids is 1. The Morgan fingerprint density at radius 3 is 2.27 bits per heavy atom. The normalized spacial score (nSPS) is 15.1. The van der Waals surface area contributed by atoms with Crippen molar-refractivity contribution in [2.24, 2.45) is 0 Å². The molecule has 1 saturated heterocycles. The number of methoxy groups -OCH3 is 2. The summed E-state index contributed by atoms with van der Waals surface area (Å²) < 4.78 is 67.2. The van der Waals surface area contributed by atoms with Gasteiger partial charge in [-0.2, -0.15) is 13.1 Å². The lowest BCUT2D eigenvalue weighted by Crippen LogP contribution is -2.50. The van der Waals surface area contributed by atoms with Gasteiger partial charge >= 0.3 is 6.61 Å². The molecule has 2 aromatic rings. The van der Waals surface area contributed by atoms with Crippen LogP contribution >= 0.6 is 0 Å². The molecule has 0 spiro atoms. The van der Waals surface area contributed by atoms with Crippen LogP contribution in [0.15, 0.2) is 53.4 Å². The van der Waals surface area contributed by atoms with E-state index in [1.54, 1.807) is 18.2 Å². The van der Waals surface area contributed by atoms with E-state index < -0.39 is 16.6 Å². The highest BCUT2D eigenvalue weighted by Crippen LogP contribution is 2.31. The Kier molecular flexibility index (Phi) is 7.88. The van der Waals surface area contributed by atoms with Gasteiger partial charge in [-0.15, -0.1) is 0 Å². The Morgan fingerprint density at radius 1 is 0.970 bits per heavy atom. The van der Waals surface area contributed by atoms with Crippen molar-refractivity contribution in [2.45, 2.75) is 11.5 Å². The van der Waals surface area contributed by atoms with Crippen molar-refractivity contribution in [1.29, 1.82) is 0 Å². The standard InChI is InChI=1S/C22H24F2N2O6S/c1-30-19-9-8-17(15-20(19)31-2)33(28,29)26-13-11-25(12-14-26)21(27)10-7-16-5-3-4-6-18(16)32-22(23)24/h3-10,15,22H,11-14H2,1-2H3/b10-7+. The summed E-state index contributed by atoms with van der Waals surface area (Å²) in [7, 11) is -0.907. The van der Waals surface area contributed by atoms with Crippen LogP contribution in [0.25, 0.3) is 6.08 Å². The third-order valence-corrected chi connectivity index (χ3v) is 6.98. The SMILES string of the molecule is COc1ccc(S(=O)(=O)N2CCN(C(=O)/C=C/c3ccccc3OC(F)F)CC2)cc1OC. The average molecular weight is 483 g/mol. The number of nitrogens with zero attached hydrogens (tertiary/aromatic N) is 2. The predicted octanol–water partition coefficient (Wildman–Crippen LogP) is 2.85. The van der Waals surface area contributed by atoms with E-state index in [0.29, 0.717) is 17.1 Å². The van der Waals surface area contributed by atoms with Crippen molar-refractivity contribution in [3.63, 3.8) is 0 Å². The molecule has 0 unspecified atom stereocenters. The number of para-hydroxylation sites is 1. The summed E-state index contributed by atoms with van der Waals surface area (Å²) in [5, 5.41) is 0. The Balaban J connectivity index is 1.65. The van der Waals surface area contributed by atoms with Crippen LogP contribution in [-0.2, 0) is 14.8 Å². The minimum absolute atomic E-state index is 0.0395. The van der Waals surface area contributed by atoms with Crippen LogP contribution in [0.5, 0.6) is 17.2 Å². The van der Waals surface area contributed by atoms with Crippen molar-refractivity contribution in [2.75, 3.05) is 40.4 Å². The molecule has 1 aliphatic heterocycles. The number of hydrogen-bond acceptors (Lipinski definition) is 6. The Bertz CT molecular complexity index is 1120. The second kappa shape index (κ2) is 10.6. The second-order valence-corrected chi connectivity index (χ2v) is 8.93. The van der Waals surface area contributed by atoms with E-state index in [2.05, 4.69) is 4.74 Å². The number of alkyl halides is 2. The molecule has 0 aromatic heterocycles. The Hall–Kier alpha value is -3.18. The average Bonchev–Trinajstić information content (AvgIpc) is 2.82. The lowest BCUT2D eigenvalue weighted by Gasteiger charge is -2.33. The molecule has 1 fully saturated rings. The molecule has 1 heterocycles. The minimum Gasteiger partial charge on any atom is -0.493 e. The lowest BCUT2D eigenvalue weighted by molar-refractivity contribution is -0.127. The maximum Gasteiger partial charge on any atom is 0.387 e. The lowest BCUT2D eigenvalue weighted by atomic mass is 10.2. The number of hydrogen-bond donors (Lipinski definition) is 0. The number of halogens is 2. The Morgan fingerprint density at radius 2 is 1.64 bits per heavy atom. The van der Waals surface area contributed by atoms with Gasteiger partial charge in [-0.25, -0.2) is 8.42 Å². The maximum atomic E-state index is 13.0. The number of amides is 1. The van der Waals surface area contributed by atoms with Gasteiger partial charge in [0.25, 0.3) is 0 Å². The number of rotatable bonds is 8. The molecule has 11 heteroatoms. The molecule has 0 atom stereocenters. The Labute approximate surface area is 191 Å². The fourth-order valence-electron chi connectivity index (χ4n) is 3.36. The largest absolute Gasteiger partial charge is 0.493 e. The number of benzene rings is 2. The van der Waals surface area contributed by atoms with Gasteiger partial charge in [-0.3, -0.25) is 4.79 Å². The highest BCUT2D eigenvalue weighted by Gasteiger charge is 2.30. The molecule has 0 radical (unpaired) electrons. The van der Waals surface area contributed by atoms with Crippen LogP contribution in [0.2, 0.25) is 0 Å². The number of piperazine rings is 1. The molecule has 0 N–H and O–H groups in total. The van der Waals surface area contributed by atoms with Crippen LogP contribution in [0.3, 0.4) is 0 Å². The quantitative estimate of drug-likeness (QED) is 0.538. The second-order valence-electron chi connectivity index (χ2n) is 7.00. The zero-order chi connectivity index (χ0) is 24.0. The summed E-state index contributed by atoms with van der Waals surface area (Å²) in [6, 6.07) is 10.5. The van der Waals surface area contributed by atoms with E-state index in [-0.39, 0.29) is 42.7 Å². The molecule has 1 aliphatic rings. The highest BCUT2D eigenvalue weighted by molar-refractivity contribution is 7.89. The highest BCUT2D eigenvalue weighted by atomic mass is 32.2. The molecule has 0 bridgehead atoms. The van der Waals surface area contributed by atoms with Crippen LogP contribution < -0.4 is 14.2 Å². The van der Waals surface area contributed by atoms with E-state index >= 15 is 0 Å². The molecular formula is C22H24F2N2O6S. The molecule has 2 aromatic carbocycles. The fraction of sp³-hybridized carbons (Fsp3) is 0.318. The maximum absolute atomic E-state index is 13.0. The topological polar surface area (TPSA) is 85.4 Å². The summed E-state index contributed by atoms with van der Waals surface area (Å²) in [5.41, 5.74) is 0.334. The van der Waals surface area contributed by atoms with Gasteiger partial charge in [0.2, 0.25) is 15.9 Å². The van der Waals surface area contributed by atoms with Gasteiger partial charge < -0.3 is 19.1 Å². The van der Waals surface area contributed by atoms with Crippen LogP contribution in [0.4, 0.5) is 8.78 Å². The molecule has 8 nitrogen and oxygen atoms in total. The van der Waals surface area contributed by atoms with Crippen molar-refractivity contribution < 1.29 is 36.2 Å². The number of ether oxygens (including phenoxy) is 3. The van der Waals surface area contributed by atoms with Gasteiger partial charge in [0.15, 0.2) is 11.5 Å². The number of carbonyl (C=O) groups is 1. The first-order chi connectivity index (χ1) is 15.8. The first kappa shape index (κ1) is 24.5. The van der Waals surface area contributed by atoms with Crippen LogP contribution in [0.1, 0.15) is 5.56 Å². The number of sulfonamides is 1. The zero-order valence-corrected chi connectivity index (χ0v) is 18.9. The predicted molar refractivity (Wildman–Crippen MR) is 117 cm³/mol. The van der Waals surface area contributed by atoms with Gasteiger partial charge in [0.05, 0.1) is 19.1 Å². The zero-order valence-electron chi connectivity index (χ0n) is 18.1. The fourth-order valence-corrected chi connectivity index (χ4v) is 4.80. The van der Waals surface area contributed by atoms with E-state index in [4.69, 9.17) is 9.47 Å². The van der Waals surface area contributed by atoms with Crippen LogP contribution in [0, 0.1) is 0 Å². The molecule has 0 saturated carbocycles. The third kappa shape index (κ3) is 5.79. The van der Waals surface area contributed by atoms with Crippen molar-refractivity contribution in [3.05, 3.63) is 54.1 Å². The summed E-state index contributed by atoms with van der Waals surface area (Å²) >= 11 is 0. The van der Waals surface area contributed by atoms with Crippen molar-refractivity contribution >= 4 is 22.0 Å². The van der Waals surface area contributed by atoms with Gasteiger partial charge in [0, 0.05) is 43.9 Å². The van der Waals surface area contributed by atoms with Gasteiger partial charge in [0.1, 0.15) is 5.75 Å². The molecule has 178 valence electrons. The van der Waals surface area contributed by atoms with E-state index in [9.17, 15) is 22.0 Å². The molecular weight excluding hydrogens is 458 g/mol. The van der Waals surface area contributed by atoms with Crippen molar-refractivity contribution in [1.82, 2.24) is 9.21 Å². The van der Waals surface area contributed by atoms with E-state index in [1.807, 2.05) is 0 Å². The van der Waals surface area contributed by atoms with Crippen LogP contribution in [-0.4, -0.2) is 70.5 Å². The molecule has 0 aliphatic carbocycles. The molecule has 33 heavy (non-hydrogen) atoms. The monoisotopic (exact) mass is 482 g/mol. The van der Waals surface area contributed by atoms with Gasteiger partial charge in [-0.1, -0.05) is 18.2 Å². The first-order valence-electron chi connectivity index (χ1n) is 9.99. The summed E-state index contributed by atoms with van der Waals surface area (Å²) in [6.45, 7) is -2.38. The van der Waals surface area contributed by atoms with E-state index in [1.165, 1.54) is 59.8 Å². The van der Waals surface area contributed by atoms with Gasteiger partial charge in [-0.05, 0) is 24.3 Å². The summed E-state index contributed by atoms with van der Waals surface area (Å²) in [5.74, 6) is 0.320. The van der Waals surface area contributed by atoms with E-state index in [0.717, 1.165) is 0 Å². The summed E-state index contributed by atoms with van der Waals surface area (Å²) in [6.07, 6.45) is 2.65. The summed E-state index contributed by atoms with van der Waals surface area (Å²) in [4.78, 5) is 14.1. The van der Waals surface area contributed by atoms with Crippen molar-refractivity contribution in [3.8, 4) is 17.2 Å². The molecule has 3 rings (SSSR count). The molecule has 1 amide bonds. The minimum atomic E-state index is -3.79. The smallest absolute Gasteiger partial charge is 0.387 e. The third-order valence-electron chi connectivity index (χ3n) is 5.08.